The molecule has 0 aromatic carbocycles. The van der Waals surface area contributed by atoms with Crippen LogP contribution in [0, 0.1) is 12.8 Å². The van der Waals surface area contributed by atoms with Gasteiger partial charge in [0.15, 0.2) is 0 Å². The van der Waals surface area contributed by atoms with E-state index in [2.05, 4.69) is 0 Å². The Kier molecular flexibility index (Phi) is 2.65. The first-order valence-electron chi connectivity index (χ1n) is 3.40. The van der Waals surface area contributed by atoms with Gasteiger partial charge < -0.3 is 14.9 Å². The Balaban J connectivity index is 2.41. The highest BCUT2D eigenvalue weighted by Crippen LogP contribution is 2.24. The van der Waals surface area contributed by atoms with Crippen molar-refractivity contribution in [2.75, 3.05) is 13.2 Å². The zero-order valence-electron chi connectivity index (χ0n) is 5.73. The van der Waals surface area contributed by atoms with Crippen LogP contribution >= 0.6 is 0 Å². The van der Waals surface area contributed by atoms with Gasteiger partial charge in [-0.15, -0.1) is 0 Å². The molecule has 58 valence electrons. The summed E-state index contributed by atoms with van der Waals surface area (Å²) >= 11 is 0. The fourth-order valence-electron chi connectivity index (χ4n) is 1.23. The topological polar surface area (TPSA) is 49.7 Å². The van der Waals surface area contributed by atoms with Crippen molar-refractivity contribution >= 4 is 0 Å². The van der Waals surface area contributed by atoms with E-state index in [0.29, 0.717) is 6.42 Å². The van der Waals surface area contributed by atoms with Crippen LogP contribution in [-0.4, -0.2) is 35.6 Å². The maximum absolute atomic E-state index is 8.74. The predicted molar refractivity (Wildman–Crippen MR) is 35.2 cm³/mol. The third-order valence-corrected chi connectivity index (χ3v) is 1.82. The van der Waals surface area contributed by atoms with Crippen molar-refractivity contribution in [2.45, 2.75) is 18.6 Å². The third-order valence-electron chi connectivity index (χ3n) is 1.82. The maximum atomic E-state index is 8.74. The zero-order valence-corrected chi connectivity index (χ0v) is 5.73. The molecule has 3 atom stereocenters. The number of ether oxygens (including phenoxy) is 1. The average Bonchev–Trinajstić information content (AvgIpc) is 2.30. The SMILES string of the molecule is [CH]C1C[C@@H](CO)[C@@H](CO)O1. The molecule has 1 fully saturated rings. The molecule has 2 N–H and O–H groups in total. The van der Waals surface area contributed by atoms with Crippen molar-refractivity contribution in [2.24, 2.45) is 5.92 Å². The first-order chi connectivity index (χ1) is 4.77. The van der Waals surface area contributed by atoms with E-state index in [1.165, 1.54) is 0 Å². The van der Waals surface area contributed by atoms with Gasteiger partial charge >= 0.3 is 0 Å². The highest BCUT2D eigenvalue weighted by Gasteiger charge is 2.31. The minimum absolute atomic E-state index is 0.0139. The van der Waals surface area contributed by atoms with Gasteiger partial charge in [0, 0.05) is 12.5 Å². The Morgan fingerprint density at radius 3 is 2.50 bits per heavy atom. The van der Waals surface area contributed by atoms with Crippen molar-refractivity contribution < 1.29 is 14.9 Å². The number of hydrogen-bond donors (Lipinski definition) is 2. The molecule has 2 radical (unpaired) electrons. The summed E-state index contributed by atoms with van der Waals surface area (Å²) in [6, 6.07) is 0. The molecule has 1 saturated heterocycles. The van der Waals surface area contributed by atoms with Crippen LogP contribution in [0.15, 0.2) is 0 Å². The highest BCUT2D eigenvalue weighted by atomic mass is 16.5. The minimum Gasteiger partial charge on any atom is -0.396 e. The quantitative estimate of drug-likeness (QED) is 0.547. The third kappa shape index (κ3) is 1.48. The fourth-order valence-corrected chi connectivity index (χ4v) is 1.23. The van der Waals surface area contributed by atoms with Crippen molar-refractivity contribution in [1.29, 1.82) is 0 Å². The molecule has 1 heterocycles. The Bertz CT molecular complexity index is 93.0. The number of aliphatic hydroxyl groups excluding tert-OH is 2. The predicted octanol–water partition coefficient (Wildman–Crippen LogP) is -0.544. The van der Waals surface area contributed by atoms with Crippen molar-refractivity contribution in [3.63, 3.8) is 0 Å². The molecule has 1 aliphatic rings. The van der Waals surface area contributed by atoms with Crippen LogP contribution in [0.5, 0.6) is 0 Å². The van der Waals surface area contributed by atoms with Gasteiger partial charge in [-0.25, -0.2) is 0 Å². The largest absolute Gasteiger partial charge is 0.396 e. The summed E-state index contributed by atoms with van der Waals surface area (Å²) in [5, 5.41) is 17.4. The van der Waals surface area contributed by atoms with E-state index in [-0.39, 0.29) is 31.3 Å². The number of rotatable bonds is 2. The van der Waals surface area contributed by atoms with Crippen LogP contribution in [0.1, 0.15) is 6.42 Å². The summed E-state index contributed by atoms with van der Waals surface area (Å²) < 4.78 is 5.08. The normalized spacial score (nSPS) is 40.5. The first kappa shape index (κ1) is 7.98. The Morgan fingerprint density at radius 2 is 2.10 bits per heavy atom. The fraction of sp³-hybridized carbons (Fsp3) is 0.857. The van der Waals surface area contributed by atoms with E-state index >= 15 is 0 Å². The van der Waals surface area contributed by atoms with E-state index in [1.54, 1.807) is 0 Å². The molecule has 0 aromatic rings. The summed E-state index contributed by atoms with van der Waals surface area (Å²) in [4.78, 5) is 0. The van der Waals surface area contributed by atoms with E-state index in [9.17, 15) is 0 Å². The van der Waals surface area contributed by atoms with Crippen LogP contribution in [0.4, 0.5) is 0 Å². The van der Waals surface area contributed by atoms with Crippen LogP contribution in [0.2, 0.25) is 0 Å². The highest BCUT2D eigenvalue weighted by molar-refractivity contribution is 4.82. The van der Waals surface area contributed by atoms with E-state index in [4.69, 9.17) is 21.9 Å². The lowest BCUT2D eigenvalue weighted by molar-refractivity contribution is 0.00644. The molecule has 0 spiro atoms. The van der Waals surface area contributed by atoms with Crippen LogP contribution in [-0.2, 0) is 4.74 Å². The lowest BCUT2D eigenvalue weighted by Crippen LogP contribution is -2.22. The van der Waals surface area contributed by atoms with Crippen molar-refractivity contribution in [1.82, 2.24) is 0 Å². The Labute approximate surface area is 60.6 Å². The molecular formula is C7H12O3. The van der Waals surface area contributed by atoms with Gasteiger partial charge in [0.2, 0.25) is 0 Å². The monoisotopic (exact) mass is 144 g/mol. The smallest absolute Gasteiger partial charge is 0.0860 e. The zero-order chi connectivity index (χ0) is 7.56. The molecule has 3 heteroatoms. The summed E-state index contributed by atoms with van der Waals surface area (Å²) in [6.07, 6.45) is 0.0659. The average molecular weight is 144 g/mol. The molecule has 1 unspecified atom stereocenters. The molecule has 0 aliphatic carbocycles. The van der Waals surface area contributed by atoms with Gasteiger partial charge in [0.1, 0.15) is 0 Å². The molecule has 0 bridgehead atoms. The first-order valence-corrected chi connectivity index (χ1v) is 3.40. The van der Waals surface area contributed by atoms with E-state index in [1.807, 2.05) is 0 Å². The summed E-state index contributed by atoms with van der Waals surface area (Å²) in [5.41, 5.74) is 0. The van der Waals surface area contributed by atoms with Gasteiger partial charge in [-0.2, -0.15) is 0 Å². The second-order valence-corrected chi connectivity index (χ2v) is 2.57. The van der Waals surface area contributed by atoms with E-state index < -0.39 is 0 Å². The maximum Gasteiger partial charge on any atom is 0.0860 e. The number of hydrogen-bond acceptors (Lipinski definition) is 3. The molecule has 3 nitrogen and oxygen atoms in total. The summed E-state index contributed by atoms with van der Waals surface area (Å²) in [6.45, 7) is 5.41. The molecule has 0 aromatic heterocycles. The second kappa shape index (κ2) is 3.32. The van der Waals surface area contributed by atoms with Crippen LogP contribution in [0.25, 0.3) is 0 Å². The lowest BCUT2D eigenvalue weighted by atomic mass is 10.0. The standard InChI is InChI=1S/C7H12O3/c1-5-2-6(3-8)7(4-9)10-5/h1,5-9H,2-4H2/t5?,6-,7+/m0/s1. The molecule has 0 saturated carbocycles. The van der Waals surface area contributed by atoms with Crippen LogP contribution in [0.3, 0.4) is 0 Å². The number of aliphatic hydroxyl groups is 2. The Hall–Kier alpha value is -0.120. The minimum atomic E-state index is -0.311. The van der Waals surface area contributed by atoms with Crippen molar-refractivity contribution in [3.8, 4) is 0 Å². The van der Waals surface area contributed by atoms with Gasteiger partial charge in [-0.1, -0.05) is 0 Å². The molecular weight excluding hydrogens is 132 g/mol. The molecule has 1 aliphatic heterocycles. The van der Waals surface area contributed by atoms with Crippen molar-refractivity contribution in [3.05, 3.63) is 6.92 Å². The summed E-state index contributed by atoms with van der Waals surface area (Å²) in [5.74, 6) is 0.0139. The van der Waals surface area contributed by atoms with Gasteiger partial charge in [0.05, 0.1) is 18.8 Å². The van der Waals surface area contributed by atoms with Crippen LogP contribution < -0.4 is 0 Å². The van der Waals surface area contributed by atoms with E-state index in [0.717, 1.165) is 0 Å². The van der Waals surface area contributed by atoms with Gasteiger partial charge in [-0.05, 0) is 13.3 Å². The van der Waals surface area contributed by atoms with Gasteiger partial charge in [-0.3, -0.25) is 0 Å². The second-order valence-electron chi connectivity index (χ2n) is 2.57. The lowest BCUT2D eigenvalue weighted by Gasteiger charge is -2.12. The Morgan fingerprint density at radius 1 is 1.40 bits per heavy atom. The summed E-state index contributed by atoms with van der Waals surface area (Å²) in [7, 11) is 0. The molecule has 0 amide bonds. The van der Waals surface area contributed by atoms with Gasteiger partial charge in [0.25, 0.3) is 0 Å². The molecule has 10 heavy (non-hydrogen) atoms. The molecule has 1 rings (SSSR count).